The fraction of sp³-hybridized carbons (Fsp3) is 0.357. The Labute approximate surface area is 129 Å². The number of anilines is 1. The van der Waals surface area contributed by atoms with Crippen LogP contribution in [0, 0.1) is 13.8 Å². The molecule has 114 valence electrons. The van der Waals surface area contributed by atoms with E-state index in [-0.39, 0.29) is 10.6 Å². The van der Waals surface area contributed by atoms with E-state index in [1.165, 1.54) is 0 Å². The molecule has 0 saturated carbocycles. The molecule has 0 aliphatic rings. The Bertz CT molecular complexity index is 782. The molecule has 21 heavy (non-hydrogen) atoms. The van der Waals surface area contributed by atoms with Crippen LogP contribution in [0.1, 0.15) is 23.9 Å². The predicted molar refractivity (Wildman–Crippen MR) is 84.1 cm³/mol. The van der Waals surface area contributed by atoms with Gasteiger partial charge in [-0.25, -0.2) is 8.42 Å². The summed E-state index contributed by atoms with van der Waals surface area (Å²) in [5, 5.41) is 4.65. The standard InChI is InChI=1S/C14H18ClN3O2S/c1-4-18-12(14(15)10(3)17-18)8-21(19,20)13-7-5-6-11(16)9(13)2/h5-7H,4,8,16H2,1-3H3. The monoisotopic (exact) mass is 327 g/mol. The fourth-order valence-electron chi connectivity index (χ4n) is 2.23. The molecule has 0 spiro atoms. The van der Waals surface area contributed by atoms with E-state index in [9.17, 15) is 8.42 Å². The van der Waals surface area contributed by atoms with E-state index < -0.39 is 9.84 Å². The van der Waals surface area contributed by atoms with Gasteiger partial charge in [-0.3, -0.25) is 4.68 Å². The van der Waals surface area contributed by atoms with Gasteiger partial charge in [0.05, 0.1) is 27.1 Å². The molecule has 0 atom stereocenters. The van der Waals surface area contributed by atoms with Gasteiger partial charge in [-0.1, -0.05) is 17.7 Å². The summed E-state index contributed by atoms with van der Waals surface area (Å²) in [6.45, 7) is 5.92. The van der Waals surface area contributed by atoms with Gasteiger partial charge in [-0.05, 0) is 38.5 Å². The van der Waals surface area contributed by atoms with Crippen molar-refractivity contribution in [2.24, 2.45) is 0 Å². The minimum Gasteiger partial charge on any atom is -0.398 e. The third kappa shape index (κ3) is 2.91. The Morgan fingerprint density at radius 3 is 2.62 bits per heavy atom. The van der Waals surface area contributed by atoms with Gasteiger partial charge in [0, 0.05) is 12.2 Å². The quantitative estimate of drug-likeness (QED) is 0.876. The van der Waals surface area contributed by atoms with Gasteiger partial charge >= 0.3 is 0 Å². The van der Waals surface area contributed by atoms with Gasteiger partial charge in [-0.2, -0.15) is 5.10 Å². The SMILES string of the molecule is CCn1nc(C)c(Cl)c1CS(=O)(=O)c1cccc(N)c1C. The third-order valence-corrected chi connectivity index (χ3v) is 5.70. The average molecular weight is 328 g/mol. The molecule has 0 bridgehead atoms. The Hall–Kier alpha value is -1.53. The van der Waals surface area contributed by atoms with Crippen LogP contribution >= 0.6 is 11.6 Å². The van der Waals surface area contributed by atoms with Crippen LogP contribution in [-0.2, 0) is 22.1 Å². The summed E-state index contributed by atoms with van der Waals surface area (Å²) in [4.78, 5) is 0.236. The fourth-order valence-corrected chi connectivity index (χ4v) is 4.19. The van der Waals surface area contributed by atoms with Crippen molar-refractivity contribution >= 4 is 27.1 Å². The molecule has 0 unspecified atom stereocenters. The summed E-state index contributed by atoms with van der Waals surface area (Å²) in [5.41, 5.74) is 7.96. The maximum atomic E-state index is 12.6. The van der Waals surface area contributed by atoms with Crippen LogP contribution in [0.15, 0.2) is 23.1 Å². The van der Waals surface area contributed by atoms with E-state index >= 15 is 0 Å². The number of hydrogen-bond donors (Lipinski definition) is 1. The van der Waals surface area contributed by atoms with Gasteiger partial charge < -0.3 is 5.73 Å². The van der Waals surface area contributed by atoms with E-state index in [4.69, 9.17) is 17.3 Å². The lowest BCUT2D eigenvalue weighted by molar-refractivity contribution is 0.585. The molecule has 2 rings (SSSR count). The van der Waals surface area contributed by atoms with Crippen molar-refractivity contribution in [2.45, 2.75) is 38.0 Å². The number of nitrogen functional groups attached to an aromatic ring is 1. The first-order valence-corrected chi connectivity index (χ1v) is 8.60. The predicted octanol–water partition coefficient (Wildman–Crippen LogP) is 2.73. The Balaban J connectivity index is 2.50. The molecule has 0 fully saturated rings. The number of nitrogens with zero attached hydrogens (tertiary/aromatic N) is 2. The van der Waals surface area contributed by atoms with Crippen LogP contribution < -0.4 is 5.73 Å². The molecule has 2 aromatic rings. The van der Waals surface area contributed by atoms with Crippen LogP contribution in [-0.4, -0.2) is 18.2 Å². The highest BCUT2D eigenvalue weighted by Crippen LogP contribution is 2.28. The summed E-state index contributed by atoms with van der Waals surface area (Å²) in [6.07, 6.45) is 0. The summed E-state index contributed by atoms with van der Waals surface area (Å²) < 4.78 is 26.9. The number of halogens is 1. The van der Waals surface area contributed by atoms with Gasteiger partial charge in [0.15, 0.2) is 9.84 Å². The number of aryl methyl sites for hydroxylation is 2. The number of sulfone groups is 1. The van der Waals surface area contributed by atoms with Crippen molar-refractivity contribution in [1.82, 2.24) is 9.78 Å². The lowest BCUT2D eigenvalue weighted by atomic mass is 10.2. The van der Waals surface area contributed by atoms with Crippen LogP contribution in [0.5, 0.6) is 0 Å². The molecule has 5 nitrogen and oxygen atoms in total. The average Bonchev–Trinajstić information content (AvgIpc) is 2.69. The van der Waals surface area contributed by atoms with Crippen molar-refractivity contribution in [1.29, 1.82) is 0 Å². The van der Waals surface area contributed by atoms with Crippen molar-refractivity contribution in [3.63, 3.8) is 0 Å². The zero-order chi connectivity index (χ0) is 15.8. The van der Waals surface area contributed by atoms with E-state index in [1.54, 1.807) is 36.7 Å². The maximum Gasteiger partial charge on any atom is 0.184 e. The second kappa shape index (κ2) is 5.69. The molecule has 0 aliphatic heterocycles. The number of rotatable bonds is 4. The van der Waals surface area contributed by atoms with E-state index in [0.717, 1.165) is 0 Å². The van der Waals surface area contributed by atoms with E-state index in [0.29, 0.717) is 34.2 Å². The highest BCUT2D eigenvalue weighted by atomic mass is 35.5. The van der Waals surface area contributed by atoms with Gasteiger partial charge in [0.1, 0.15) is 0 Å². The highest BCUT2D eigenvalue weighted by molar-refractivity contribution is 7.90. The first-order valence-electron chi connectivity index (χ1n) is 6.57. The minimum absolute atomic E-state index is 0.190. The van der Waals surface area contributed by atoms with Crippen LogP contribution in [0.25, 0.3) is 0 Å². The first-order chi connectivity index (χ1) is 9.77. The summed E-state index contributed by atoms with van der Waals surface area (Å²) in [6, 6.07) is 4.88. The van der Waals surface area contributed by atoms with Crippen LogP contribution in [0.3, 0.4) is 0 Å². The van der Waals surface area contributed by atoms with Gasteiger partial charge in [0.25, 0.3) is 0 Å². The minimum atomic E-state index is -3.53. The summed E-state index contributed by atoms with van der Waals surface area (Å²) in [5.74, 6) is -0.190. The smallest absolute Gasteiger partial charge is 0.184 e. The lowest BCUT2D eigenvalue weighted by Gasteiger charge is -2.11. The second-order valence-corrected chi connectivity index (χ2v) is 7.23. The van der Waals surface area contributed by atoms with E-state index in [1.807, 2.05) is 6.92 Å². The Kier molecular flexibility index (Phi) is 4.30. The summed E-state index contributed by atoms with van der Waals surface area (Å²) >= 11 is 6.18. The molecule has 1 heterocycles. The number of nitrogens with two attached hydrogens (primary N) is 1. The van der Waals surface area contributed by atoms with Gasteiger partial charge in [-0.15, -0.1) is 0 Å². The molecule has 2 N–H and O–H groups in total. The molecular formula is C14H18ClN3O2S. The van der Waals surface area contributed by atoms with Crippen LogP contribution in [0.2, 0.25) is 5.02 Å². The van der Waals surface area contributed by atoms with Crippen molar-refractivity contribution < 1.29 is 8.42 Å². The van der Waals surface area contributed by atoms with Crippen molar-refractivity contribution in [2.75, 3.05) is 5.73 Å². The molecule has 0 radical (unpaired) electrons. The third-order valence-electron chi connectivity index (χ3n) is 3.44. The Morgan fingerprint density at radius 1 is 1.33 bits per heavy atom. The van der Waals surface area contributed by atoms with Crippen LogP contribution in [0.4, 0.5) is 5.69 Å². The molecular weight excluding hydrogens is 310 g/mol. The second-order valence-electron chi connectivity index (χ2n) is 4.89. The van der Waals surface area contributed by atoms with E-state index in [2.05, 4.69) is 5.10 Å². The molecule has 1 aromatic heterocycles. The molecule has 0 amide bonds. The molecule has 1 aromatic carbocycles. The molecule has 7 heteroatoms. The summed E-state index contributed by atoms with van der Waals surface area (Å²) in [7, 11) is -3.53. The molecule has 0 aliphatic carbocycles. The number of hydrogen-bond acceptors (Lipinski definition) is 4. The highest BCUT2D eigenvalue weighted by Gasteiger charge is 2.24. The van der Waals surface area contributed by atoms with Gasteiger partial charge in [0.2, 0.25) is 0 Å². The topological polar surface area (TPSA) is 78.0 Å². The molecule has 0 saturated heterocycles. The number of aromatic nitrogens is 2. The zero-order valence-corrected chi connectivity index (χ0v) is 13.8. The van der Waals surface area contributed by atoms with Crippen molar-refractivity contribution in [3.05, 3.63) is 40.2 Å². The normalized spacial score (nSPS) is 11.8. The lowest BCUT2D eigenvalue weighted by Crippen LogP contribution is -2.12. The zero-order valence-electron chi connectivity index (χ0n) is 12.2. The largest absolute Gasteiger partial charge is 0.398 e. The number of benzene rings is 1. The maximum absolute atomic E-state index is 12.6. The first kappa shape index (κ1) is 15.9. The Morgan fingerprint density at radius 2 is 2.00 bits per heavy atom. The van der Waals surface area contributed by atoms with Crippen molar-refractivity contribution in [3.8, 4) is 0 Å².